The molecule has 0 aromatic heterocycles. The molecule has 80 valence electrons. The molecule has 1 unspecified atom stereocenters. The Balaban J connectivity index is 3.78. The molecule has 0 bridgehead atoms. The normalized spacial score (nSPS) is 15.0. The fourth-order valence-electron chi connectivity index (χ4n) is 1.54. The number of hydrogen-bond donors (Lipinski definition) is 0. The van der Waals surface area contributed by atoms with Crippen molar-refractivity contribution in [1.29, 1.82) is 0 Å². The fraction of sp³-hybridized carbons (Fsp3) is 1.00. The molecular formula is C10H27NSi2. The monoisotopic (exact) mass is 217 g/mol. The quantitative estimate of drug-likeness (QED) is 0.590. The summed E-state index contributed by atoms with van der Waals surface area (Å²) in [5.41, 5.74) is 0. The van der Waals surface area contributed by atoms with Gasteiger partial charge in [-0.3, -0.25) is 0 Å². The molecule has 3 heteroatoms. The van der Waals surface area contributed by atoms with Gasteiger partial charge < -0.3 is 4.57 Å². The first-order valence-electron chi connectivity index (χ1n) is 5.84. The maximum absolute atomic E-state index is 2.78. The largest absolute Gasteiger partial charge is 0.329 e. The summed E-state index contributed by atoms with van der Waals surface area (Å²) in [7, 11) is -0.275. The van der Waals surface area contributed by atoms with E-state index < -0.39 is 0 Å². The minimum atomic E-state index is -0.351. The summed E-state index contributed by atoms with van der Waals surface area (Å²) >= 11 is 0. The summed E-state index contributed by atoms with van der Waals surface area (Å²) in [4.78, 5) is 0. The van der Waals surface area contributed by atoms with Gasteiger partial charge in [0.1, 0.15) is 0 Å². The van der Waals surface area contributed by atoms with Gasteiger partial charge in [0.05, 0.1) is 9.68 Å². The Hall–Kier alpha value is 0.394. The van der Waals surface area contributed by atoms with Crippen LogP contribution in [-0.4, -0.2) is 36.1 Å². The molecule has 0 radical (unpaired) electrons. The number of rotatable bonds is 7. The molecular weight excluding hydrogens is 190 g/mol. The number of nitrogens with zero attached hydrogens (tertiary/aromatic N) is 1. The molecule has 0 aromatic rings. The Labute approximate surface area is 88.4 Å². The highest BCUT2D eigenvalue weighted by atomic mass is 28.3. The topological polar surface area (TPSA) is 3.24 Å². The molecule has 0 saturated heterocycles. The van der Waals surface area contributed by atoms with E-state index in [1.807, 2.05) is 0 Å². The van der Waals surface area contributed by atoms with Crippen LogP contribution in [0.1, 0.15) is 33.6 Å². The van der Waals surface area contributed by atoms with E-state index in [1.165, 1.54) is 25.9 Å². The van der Waals surface area contributed by atoms with Gasteiger partial charge in [0.2, 0.25) is 0 Å². The lowest BCUT2D eigenvalue weighted by Crippen LogP contribution is -2.35. The first-order chi connectivity index (χ1) is 6.11. The first kappa shape index (κ1) is 13.4. The molecule has 0 heterocycles. The van der Waals surface area contributed by atoms with Gasteiger partial charge in [-0.25, -0.2) is 0 Å². The lowest BCUT2D eigenvalue weighted by Gasteiger charge is -2.25. The van der Waals surface area contributed by atoms with Crippen molar-refractivity contribution in [2.75, 3.05) is 13.1 Å². The zero-order chi connectivity index (χ0) is 10.3. The molecule has 13 heavy (non-hydrogen) atoms. The number of hydrogen-bond acceptors (Lipinski definition) is 1. The Morgan fingerprint density at radius 3 is 1.92 bits per heavy atom. The van der Waals surface area contributed by atoms with Crippen molar-refractivity contribution >= 4 is 18.5 Å². The minimum absolute atomic E-state index is 0.0753. The second-order valence-electron chi connectivity index (χ2n) is 4.52. The average molecular weight is 218 g/mol. The van der Waals surface area contributed by atoms with Crippen molar-refractivity contribution < 1.29 is 0 Å². The van der Waals surface area contributed by atoms with Crippen LogP contribution in [0.2, 0.25) is 18.3 Å². The SMILES string of the molecule is CCCN(CCC)[SiH2]C(C)[SiH](C)C. The zero-order valence-corrected chi connectivity index (χ0v) is 12.7. The fourth-order valence-corrected chi connectivity index (χ4v) is 5.94. The van der Waals surface area contributed by atoms with Crippen molar-refractivity contribution in [2.24, 2.45) is 0 Å². The average Bonchev–Trinajstić information content (AvgIpc) is 2.05. The standard InChI is InChI=1S/C10H27NSi2/c1-6-8-11(9-7-2)12-10(3)13(4)5/h10,13H,6-9,12H2,1-5H3. The molecule has 0 fully saturated rings. The van der Waals surface area contributed by atoms with Crippen LogP contribution in [0.5, 0.6) is 0 Å². The van der Waals surface area contributed by atoms with E-state index >= 15 is 0 Å². The Morgan fingerprint density at radius 2 is 1.62 bits per heavy atom. The predicted molar refractivity (Wildman–Crippen MR) is 69.0 cm³/mol. The zero-order valence-electron chi connectivity index (χ0n) is 10.1. The van der Waals surface area contributed by atoms with E-state index in [4.69, 9.17) is 0 Å². The van der Waals surface area contributed by atoms with Crippen molar-refractivity contribution in [3.05, 3.63) is 0 Å². The molecule has 1 nitrogen and oxygen atoms in total. The van der Waals surface area contributed by atoms with Gasteiger partial charge in [0.25, 0.3) is 0 Å². The summed E-state index contributed by atoms with van der Waals surface area (Å²) < 4.78 is 2.78. The second-order valence-corrected chi connectivity index (χ2v) is 11.6. The predicted octanol–water partition coefficient (Wildman–Crippen LogP) is 2.03. The maximum Gasteiger partial charge on any atom is 0.0949 e. The van der Waals surface area contributed by atoms with E-state index in [9.17, 15) is 0 Å². The summed E-state index contributed by atoms with van der Waals surface area (Å²) in [6, 6.07) is 0. The van der Waals surface area contributed by atoms with Crippen molar-refractivity contribution in [3.8, 4) is 0 Å². The molecule has 0 spiro atoms. The van der Waals surface area contributed by atoms with Crippen molar-refractivity contribution in [1.82, 2.24) is 4.57 Å². The smallest absolute Gasteiger partial charge is 0.0949 e. The molecule has 1 atom stereocenters. The minimum Gasteiger partial charge on any atom is -0.329 e. The van der Waals surface area contributed by atoms with Gasteiger partial charge in [-0.15, -0.1) is 0 Å². The third-order valence-corrected chi connectivity index (χ3v) is 10.2. The highest BCUT2D eigenvalue weighted by Gasteiger charge is 2.13. The van der Waals surface area contributed by atoms with Gasteiger partial charge in [-0.05, 0) is 31.1 Å². The van der Waals surface area contributed by atoms with E-state index in [0.717, 1.165) is 5.16 Å². The van der Waals surface area contributed by atoms with Crippen LogP contribution in [-0.2, 0) is 0 Å². The first-order valence-corrected chi connectivity index (χ1v) is 10.3. The molecule has 0 aliphatic heterocycles. The van der Waals surface area contributed by atoms with E-state index in [1.54, 1.807) is 0 Å². The Morgan fingerprint density at radius 1 is 1.15 bits per heavy atom. The maximum atomic E-state index is 2.78. The van der Waals surface area contributed by atoms with Crippen LogP contribution in [0.3, 0.4) is 0 Å². The van der Waals surface area contributed by atoms with E-state index in [-0.39, 0.29) is 18.5 Å². The van der Waals surface area contributed by atoms with Crippen molar-refractivity contribution in [3.63, 3.8) is 0 Å². The van der Waals surface area contributed by atoms with Gasteiger partial charge in [0, 0.05) is 8.80 Å². The summed E-state index contributed by atoms with van der Waals surface area (Å²) in [6.45, 7) is 14.8. The van der Waals surface area contributed by atoms with Crippen molar-refractivity contribution in [2.45, 2.75) is 51.9 Å². The molecule has 0 rings (SSSR count). The Kier molecular flexibility index (Phi) is 8.00. The molecule has 0 aromatic carbocycles. The van der Waals surface area contributed by atoms with Crippen LogP contribution < -0.4 is 0 Å². The van der Waals surface area contributed by atoms with Crippen LogP contribution >= 0.6 is 0 Å². The molecule has 0 saturated carbocycles. The van der Waals surface area contributed by atoms with Gasteiger partial charge in [-0.2, -0.15) is 0 Å². The lowest BCUT2D eigenvalue weighted by atomic mass is 10.4. The highest BCUT2D eigenvalue weighted by Crippen LogP contribution is 2.09. The summed E-state index contributed by atoms with van der Waals surface area (Å²) in [6.07, 6.45) is 2.67. The highest BCUT2D eigenvalue weighted by molar-refractivity contribution is 6.69. The van der Waals surface area contributed by atoms with Crippen LogP contribution in [0.15, 0.2) is 0 Å². The van der Waals surface area contributed by atoms with Gasteiger partial charge >= 0.3 is 0 Å². The van der Waals surface area contributed by atoms with Crippen LogP contribution in [0, 0.1) is 0 Å². The third kappa shape index (κ3) is 6.46. The second kappa shape index (κ2) is 7.77. The molecule has 0 N–H and O–H groups in total. The summed E-state index contributed by atoms with van der Waals surface area (Å²) in [5.74, 6) is 0. The lowest BCUT2D eigenvalue weighted by molar-refractivity contribution is 0.438. The van der Waals surface area contributed by atoms with Crippen LogP contribution in [0.4, 0.5) is 0 Å². The third-order valence-electron chi connectivity index (χ3n) is 2.76. The molecule has 0 aliphatic rings. The Bertz CT molecular complexity index is 111. The molecule has 0 aliphatic carbocycles. The van der Waals surface area contributed by atoms with Gasteiger partial charge in [-0.1, -0.05) is 33.9 Å². The van der Waals surface area contributed by atoms with E-state index in [2.05, 4.69) is 38.4 Å². The molecule has 0 amide bonds. The van der Waals surface area contributed by atoms with Gasteiger partial charge in [0.15, 0.2) is 0 Å². The van der Waals surface area contributed by atoms with Crippen LogP contribution in [0.25, 0.3) is 0 Å². The van der Waals surface area contributed by atoms with E-state index in [0.29, 0.717) is 0 Å². The summed E-state index contributed by atoms with van der Waals surface area (Å²) in [5, 5.41) is 1.11.